The molecule has 0 spiro atoms. The molecule has 3 rings (SSSR count). The fourth-order valence-electron chi connectivity index (χ4n) is 3.94. The highest BCUT2D eigenvalue weighted by Gasteiger charge is 2.45. The number of para-hydroxylation sites is 1. The number of thioether (sulfide) groups is 1. The lowest BCUT2D eigenvalue weighted by Crippen LogP contribution is -2.50. The van der Waals surface area contributed by atoms with Crippen LogP contribution in [0.4, 0.5) is 10.5 Å². The summed E-state index contributed by atoms with van der Waals surface area (Å²) in [5.74, 6) is 0.795. The molecule has 1 saturated heterocycles. The van der Waals surface area contributed by atoms with Gasteiger partial charge in [-0.05, 0) is 43.7 Å². The van der Waals surface area contributed by atoms with Crippen LogP contribution in [0.2, 0.25) is 0 Å². The molecule has 1 saturated carbocycles. The lowest BCUT2D eigenvalue weighted by Gasteiger charge is -2.35. The number of ether oxygens (including phenoxy) is 1. The molecule has 0 bridgehead atoms. The van der Waals surface area contributed by atoms with Crippen molar-refractivity contribution in [1.82, 2.24) is 4.90 Å². The van der Waals surface area contributed by atoms with Gasteiger partial charge >= 0.3 is 12.0 Å². The number of rotatable bonds is 5. The maximum atomic E-state index is 13.2. The molecule has 1 aromatic carbocycles. The fourth-order valence-corrected chi connectivity index (χ4v) is 5.56. The smallest absolute Gasteiger partial charge is 0.329 e. The molecule has 0 aromatic heterocycles. The summed E-state index contributed by atoms with van der Waals surface area (Å²) in [7, 11) is 0. The largest absolute Gasteiger partial charge is 0.464 e. The normalized spacial score (nSPS) is 23.3. The van der Waals surface area contributed by atoms with Gasteiger partial charge in [-0.1, -0.05) is 44.4 Å². The summed E-state index contributed by atoms with van der Waals surface area (Å²) in [4.78, 5) is 27.6. The molecule has 1 aromatic rings. The first kappa shape index (κ1) is 20.1. The number of hydrogen-bond donors (Lipinski definition) is 1. The van der Waals surface area contributed by atoms with E-state index in [4.69, 9.17) is 4.74 Å². The van der Waals surface area contributed by atoms with Crippen molar-refractivity contribution >= 4 is 29.4 Å². The molecular weight excluding hydrogens is 360 g/mol. The molecule has 1 N–H and O–H groups in total. The Bertz CT molecular complexity index is 661. The molecule has 0 unspecified atom stereocenters. The Hall–Kier alpha value is -1.69. The molecule has 1 aliphatic heterocycles. The molecule has 2 aliphatic rings. The number of anilines is 1. The highest BCUT2D eigenvalue weighted by atomic mass is 32.2. The van der Waals surface area contributed by atoms with Gasteiger partial charge in [-0.15, -0.1) is 11.8 Å². The van der Waals surface area contributed by atoms with E-state index in [9.17, 15) is 9.59 Å². The van der Waals surface area contributed by atoms with Gasteiger partial charge in [-0.3, -0.25) is 4.90 Å². The van der Waals surface area contributed by atoms with Gasteiger partial charge in [0.05, 0.1) is 12.0 Å². The minimum absolute atomic E-state index is 0.0495. The first-order chi connectivity index (χ1) is 13.1. The van der Waals surface area contributed by atoms with E-state index in [0.29, 0.717) is 18.3 Å². The summed E-state index contributed by atoms with van der Waals surface area (Å²) in [6.07, 6.45) is 6.73. The van der Waals surface area contributed by atoms with E-state index in [2.05, 4.69) is 5.32 Å². The van der Waals surface area contributed by atoms with Crippen LogP contribution in [0.15, 0.2) is 24.3 Å². The monoisotopic (exact) mass is 390 g/mol. The van der Waals surface area contributed by atoms with Crippen LogP contribution in [-0.2, 0) is 9.53 Å². The van der Waals surface area contributed by atoms with Gasteiger partial charge in [0, 0.05) is 11.4 Å². The minimum atomic E-state index is -0.502. The Morgan fingerprint density at radius 2 is 1.96 bits per heavy atom. The van der Waals surface area contributed by atoms with Crippen LogP contribution in [0.1, 0.15) is 51.0 Å². The lowest BCUT2D eigenvalue weighted by atomic mass is 9.88. The third-order valence-corrected chi connectivity index (χ3v) is 6.89. The highest BCUT2D eigenvalue weighted by molar-refractivity contribution is 8.00. The van der Waals surface area contributed by atoms with E-state index in [1.54, 1.807) is 16.7 Å². The maximum Gasteiger partial charge on any atom is 0.329 e. The van der Waals surface area contributed by atoms with Crippen LogP contribution in [0, 0.1) is 12.8 Å². The molecule has 6 heteroatoms. The summed E-state index contributed by atoms with van der Waals surface area (Å²) >= 11 is 1.73. The average Bonchev–Trinajstić information content (AvgIpc) is 3.14. The van der Waals surface area contributed by atoms with Gasteiger partial charge in [0.1, 0.15) is 6.04 Å². The molecule has 2 atom stereocenters. The maximum absolute atomic E-state index is 13.2. The number of esters is 1. The number of aryl methyl sites for hydroxylation is 1. The molecule has 1 heterocycles. The number of hydrogen-bond acceptors (Lipinski definition) is 4. The predicted octanol–water partition coefficient (Wildman–Crippen LogP) is 4.80. The van der Waals surface area contributed by atoms with Crippen LogP contribution >= 0.6 is 11.8 Å². The standard InChI is InChI=1S/C21H30N2O3S/c1-3-13-26-20(24)18-14-27-19(16-10-5-4-6-11-16)23(18)21(25)22-17-12-8-7-9-15(17)2/h7-9,12,16,18-19H,3-6,10-11,13-14H2,1-2H3,(H,22,25)/t18-,19-/m1/s1. The lowest BCUT2D eigenvalue weighted by molar-refractivity contribution is -0.148. The summed E-state index contributed by atoms with van der Waals surface area (Å²) in [6, 6.07) is 7.04. The molecule has 148 valence electrons. The van der Waals surface area contributed by atoms with Crippen LogP contribution in [0.25, 0.3) is 0 Å². The van der Waals surface area contributed by atoms with Crippen molar-refractivity contribution in [2.45, 2.75) is 63.8 Å². The number of urea groups is 1. The van der Waals surface area contributed by atoms with E-state index >= 15 is 0 Å². The van der Waals surface area contributed by atoms with Crippen LogP contribution in [0.5, 0.6) is 0 Å². The number of benzene rings is 1. The van der Waals surface area contributed by atoms with Crippen LogP contribution in [0.3, 0.4) is 0 Å². The Balaban J connectivity index is 1.79. The molecule has 27 heavy (non-hydrogen) atoms. The van der Waals surface area contributed by atoms with Gasteiger partial charge in [-0.2, -0.15) is 0 Å². The van der Waals surface area contributed by atoms with Crippen molar-refractivity contribution in [2.24, 2.45) is 5.92 Å². The van der Waals surface area contributed by atoms with Crippen molar-refractivity contribution in [3.63, 3.8) is 0 Å². The third kappa shape index (κ3) is 4.78. The zero-order valence-corrected chi connectivity index (χ0v) is 17.1. The van der Waals surface area contributed by atoms with Crippen molar-refractivity contribution < 1.29 is 14.3 Å². The second kappa shape index (κ2) is 9.49. The van der Waals surface area contributed by atoms with Gasteiger partial charge in [0.2, 0.25) is 0 Å². The second-order valence-electron chi connectivity index (χ2n) is 7.46. The predicted molar refractivity (Wildman–Crippen MR) is 110 cm³/mol. The quantitative estimate of drug-likeness (QED) is 0.734. The number of carbonyl (C=O) groups excluding carboxylic acids is 2. The average molecular weight is 391 g/mol. The number of nitrogens with zero attached hydrogens (tertiary/aromatic N) is 1. The van der Waals surface area contributed by atoms with E-state index in [0.717, 1.165) is 30.5 Å². The summed E-state index contributed by atoms with van der Waals surface area (Å²) in [5.41, 5.74) is 1.81. The van der Waals surface area contributed by atoms with E-state index in [1.165, 1.54) is 19.3 Å². The first-order valence-corrected chi connectivity index (χ1v) is 11.1. The van der Waals surface area contributed by atoms with Gasteiger partial charge < -0.3 is 10.1 Å². The molecule has 0 radical (unpaired) electrons. The molecule has 2 amide bonds. The van der Waals surface area contributed by atoms with E-state index in [1.807, 2.05) is 38.1 Å². The Morgan fingerprint density at radius 1 is 1.22 bits per heavy atom. The number of carbonyl (C=O) groups is 2. The van der Waals surface area contributed by atoms with Crippen molar-refractivity contribution in [2.75, 3.05) is 17.7 Å². The molecule has 1 aliphatic carbocycles. The number of nitrogens with one attached hydrogen (secondary N) is 1. The van der Waals surface area contributed by atoms with Gasteiger partial charge in [-0.25, -0.2) is 9.59 Å². The summed E-state index contributed by atoms with van der Waals surface area (Å²) in [6.45, 7) is 4.35. The molecule has 5 nitrogen and oxygen atoms in total. The fraction of sp³-hybridized carbons (Fsp3) is 0.619. The number of amides is 2. The van der Waals surface area contributed by atoms with Crippen molar-refractivity contribution in [3.05, 3.63) is 29.8 Å². The topological polar surface area (TPSA) is 58.6 Å². The highest BCUT2D eigenvalue weighted by Crippen LogP contribution is 2.41. The zero-order valence-electron chi connectivity index (χ0n) is 16.3. The second-order valence-corrected chi connectivity index (χ2v) is 8.61. The molecular formula is C21H30N2O3S. The molecule has 2 fully saturated rings. The Labute approximate surface area is 166 Å². The Morgan fingerprint density at radius 3 is 2.67 bits per heavy atom. The van der Waals surface area contributed by atoms with E-state index in [-0.39, 0.29) is 17.4 Å². The summed E-state index contributed by atoms with van der Waals surface area (Å²) < 4.78 is 5.39. The van der Waals surface area contributed by atoms with E-state index < -0.39 is 6.04 Å². The summed E-state index contributed by atoms with van der Waals surface area (Å²) in [5, 5.41) is 3.08. The third-order valence-electron chi connectivity index (χ3n) is 5.43. The SMILES string of the molecule is CCCOC(=O)[C@H]1CS[C@H](C2CCCCC2)N1C(=O)Nc1ccccc1C. The van der Waals surface area contributed by atoms with Crippen molar-refractivity contribution in [3.8, 4) is 0 Å². The van der Waals surface area contributed by atoms with Crippen LogP contribution < -0.4 is 5.32 Å². The van der Waals surface area contributed by atoms with Gasteiger partial charge in [0.15, 0.2) is 0 Å². The van der Waals surface area contributed by atoms with Crippen LogP contribution in [-0.4, -0.2) is 40.7 Å². The van der Waals surface area contributed by atoms with Gasteiger partial charge in [0.25, 0.3) is 0 Å². The van der Waals surface area contributed by atoms with Crippen molar-refractivity contribution in [1.29, 1.82) is 0 Å². The minimum Gasteiger partial charge on any atom is -0.464 e. The first-order valence-electron chi connectivity index (χ1n) is 10.0. The zero-order chi connectivity index (χ0) is 19.2. The Kier molecular flexibility index (Phi) is 7.05.